The summed E-state index contributed by atoms with van der Waals surface area (Å²) in [7, 11) is -3.41. The third kappa shape index (κ3) is 3.04. The van der Waals surface area contributed by atoms with Gasteiger partial charge in [0.2, 0.25) is 0 Å². The second kappa shape index (κ2) is 5.13. The molecule has 18 heavy (non-hydrogen) atoms. The Morgan fingerprint density at radius 1 is 1.39 bits per heavy atom. The molecule has 0 aliphatic heterocycles. The van der Waals surface area contributed by atoms with Gasteiger partial charge in [0.25, 0.3) is 5.69 Å². The number of sulfone groups is 1. The van der Waals surface area contributed by atoms with Gasteiger partial charge in [-0.1, -0.05) is 5.16 Å². The van der Waals surface area contributed by atoms with Crippen molar-refractivity contribution < 1.29 is 18.5 Å². The van der Waals surface area contributed by atoms with Crippen molar-refractivity contribution in [3.05, 3.63) is 39.9 Å². The van der Waals surface area contributed by atoms with E-state index in [4.69, 9.17) is 5.21 Å². The fourth-order valence-corrected chi connectivity index (χ4v) is 1.92. The first-order valence-electron chi connectivity index (χ1n) is 4.93. The lowest BCUT2D eigenvalue weighted by Gasteiger charge is -2.11. The molecule has 0 bridgehead atoms. The maximum Gasteiger partial charge on any atom is 0.269 e. The lowest BCUT2D eigenvalue weighted by molar-refractivity contribution is -0.384. The summed E-state index contributed by atoms with van der Waals surface area (Å²) in [5, 5.41) is 21.3. The zero-order valence-electron chi connectivity index (χ0n) is 9.77. The number of hydrogen-bond donors (Lipinski definition) is 1. The number of oxime groups is 1. The van der Waals surface area contributed by atoms with Crippen molar-refractivity contribution in [1.29, 1.82) is 0 Å². The predicted octanol–water partition coefficient (Wildman–Crippen LogP) is 1.21. The molecule has 0 saturated heterocycles. The van der Waals surface area contributed by atoms with Gasteiger partial charge in [0.15, 0.2) is 9.84 Å². The normalized spacial score (nSPS) is 14.2. The molecule has 0 aliphatic carbocycles. The van der Waals surface area contributed by atoms with Crippen molar-refractivity contribution >= 4 is 21.2 Å². The molecule has 0 heterocycles. The Morgan fingerprint density at radius 3 is 2.22 bits per heavy atom. The van der Waals surface area contributed by atoms with Gasteiger partial charge >= 0.3 is 0 Å². The first-order valence-corrected chi connectivity index (χ1v) is 6.88. The second-order valence-electron chi connectivity index (χ2n) is 3.76. The molecule has 0 radical (unpaired) electrons. The summed E-state index contributed by atoms with van der Waals surface area (Å²) >= 11 is 0. The highest BCUT2D eigenvalue weighted by Gasteiger charge is 2.23. The minimum absolute atomic E-state index is 0.0487. The van der Waals surface area contributed by atoms with Crippen molar-refractivity contribution in [3.63, 3.8) is 0 Å². The van der Waals surface area contributed by atoms with Crippen LogP contribution in [-0.2, 0) is 9.84 Å². The van der Waals surface area contributed by atoms with E-state index in [1.807, 2.05) is 0 Å². The number of non-ortho nitro benzene ring substituents is 1. The van der Waals surface area contributed by atoms with Gasteiger partial charge in [-0.05, 0) is 19.1 Å². The van der Waals surface area contributed by atoms with Crippen molar-refractivity contribution in [2.24, 2.45) is 5.16 Å². The Balaban J connectivity index is 3.16. The van der Waals surface area contributed by atoms with Crippen molar-refractivity contribution in [1.82, 2.24) is 0 Å². The molecular formula is C10H12N2O5S. The van der Waals surface area contributed by atoms with Crippen LogP contribution in [0.3, 0.4) is 0 Å². The quantitative estimate of drug-likeness (QED) is 0.383. The summed E-state index contributed by atoms with van der Waals surface area (Å²) in [6.07, 6.45) is 1.02. The van der Waals surface area contributed by atoms with Crippen LogP contribution in [0.1, 0.15) is 12.5 Å². The van der Waals surface area contributed by atoms with Crippen LogP contribution in [0.15, 0.2) is 29.4 Å². The number of nitrogens with zero attached hydrogens (tertiary/aromatic N) is 2. The minimum Gasteiger partial charge on any atom is -0.411 e. The van der Waals surface area contributed by atoms with Crippen LogP contribution in [0, 0.1) is 10.1 Å². The van der Waals surface area contributed by atoms with Crippen molar-refractivity contribution in [2.45, 2.75) is 12.2 Å². The van der Waals surface area contributed by atoms with Crippen molar-refractivity contribution in [3.8, 4) is 0 Å². The summed E-state index contributed by atoms with van der Waals surface area (Å²) in [6, 6.07) is 5.12. The molecular weight excluding hydrogens is 260 g/mol. The fraction of sp³-hybridized carbons (Fsp3) is 0.300. The Hall–Kier alpha value is -1.96. The molecule has 1 N–H and O–H groups in total. The Bertz CT molecular complexity index is 577. The maximum atomic E-state index is 11.4. The van der Waals surface area contributed by atoms with Gasteiger partial charge in [0, 0.05) is 24.0 Å². The second-order valence-corrected chi connectivity index (χ2v) is 6.13. The van der Waals surface area contributed by atoms with E-state index in [1.54, 1.807) is 0 Å². The molecule has 0 aromatic heterocycles. The molecule has 0 fully saturated rings. The topological polar surface area (TPSA) is 110 Å². The van der Waals surface area contributed by atoms with E-state index in [-0.39, 0.29) is 11.4 Å². The first kappa shape index (κ1) is 14.1. The fourth-order valence-electron chi connectivity index (χ4n) is 1.33. The van der Waals surface area contributed by atoms with E-state index in [9.17, 15) is 18.5 Å². The van der Waals surface area contributed by atoms with E-state index in [0.717, 1.165) is 6.26 Å². The summed E-state index contributed by atoms with van der Waals surface area (Å²) < 4.78 is 22.8. The lowest BCUT2D eigenvalue weighted by atomic mass is 10.1. The minimum atomic E-state index is -3.41. The van der Waals surface area contributed by atoms with E-state index in [1.165, 1.54) is 31.2 Å². The highest BCUT2D eigenvalue weighted by atomic mass is 32.2. The molecule has 1 aromatic carbocycles. The van der Waals surface area contributed by atoms with Gasteiger partial charge in [-0.25, -0.2) is 8.42 Å². The third-order valence-electron chi connectivity index (χ3n) is 2.51. The van der Waals surface area contributed by atoms with E-state index in [0.29, 0.717) is 5.56 Å². The van der Waals surface area contributed by atoms with E-state index in [2.05, 4.69) is 5.16 Å². The zero-order chi connectivity index (χ0) is 13.9. The Kier molecular flexibility index (Phi) is 4.02. The average molecular weight is 272 g/mol. The largest absolute Gasteiger partial charge is 0.411 e. The number of nitro benzene ring substituents is 1. The van der Waals surface area contributed by atoms with Crippen LogP contribution in [0.2, 0.25) is 0 Å². The Morgan fingerprint density at radius 2 is 1.89 bits per heavy atom. The molecule has 98 valence electrons. The standard InChI is InChI=1S/C10H12N2O5S/c1-7(18(2,16)17)10(11-13)8-3-5-9(6-4-8)12(14)15/h3-7,13H,1-2H3/b11-10-. The molecule has 8 heteroatoms. The van der Waals surface area contributed by atoms with Gasteiger partial charge < -0.3 is 5.21 Å². The van der Waals surface area contributed by atoms with Gasteiger partial charge in [0.1, 0.15) is 11.0 Å². The van der Waals surface area contributed by atoms with E-state index >= 15 is 0 Å². The van der Waals surface area contributed by atoms with Crippen LogP contribution < -0.4 is 0 Å². The lowest BCUT2D eigenvalue weighted by Crippen LogP contribution is -2.27. The average Bonchev–Trinajstić information content (AvgIpc) is 2.29. The van der Waals surface area contributed by atoms with Crippen LogP contribution in [0.4, 0.5) is 5.69 Å². The molecule has 0 aliphatic rings. The molecule has 1 aromatic rings. The summed E-state index contributed by atoms with van der Waals surface area (Å²) in [6.45, 7) is 1.38. The SMILES string of the molecule is CC(/C(=N/O)c1ccc([N+](=O)[O-])cc1)S(C)(=O)=O. The molecule has 0 saturated carbocycles. The highest BCUT2D eigenvalue weighted by Crippen LogP contribution is 2.16. The number of rotatable bonds is 4. The van der Waals surface area contributed by atoms with Crippen molar-refractivity contribution in [2.75, 3.05) is 6.26 Å². The molecule has 0 spiro atoms. The van der Waals surface area contributed by atoms with Gasteiger partial charge in [-0.2, -0.15) is 0 Å². The smallest absolute Gasteiger partial charge is 0.269 e. The predicted molar refractivity (Wildman–Crippen MR) is 65.7 cm³/mol. The third-order valence-corrected chi connectivity index (χ3v) is 4.02. The number of hydrogen-bond acceptors (Lipinski definition) is 6. The zero-order valence-corrected chi connectivity index (χ0v) is 10.6. The molecule has 1 rings (SSSR count). The van der Waals surface area contributed by atoms with Crippen LogP contribution in [-0.4, -0.2) is 35.8 Å². The molecule has 1 atom stereocenters. The number of benzene rings is 1. The summed E-state index contributed by atoms with van der Waals surface area (Å²) in [4.78, 5) is 9.90. The first-order chi connectivity index (χ1) is 8.27. The van der Waals surface area contributed by atoms with Crippen LogP contribution in [0.25, 0.3) is 0 Å². The Labute approximate surface area is 104 Å². The maximum absolute atomic E-state index is 11.4. The molecule has 1 unspecified atom stereocenters. The number of nitro groups is 1. The van der Waals surface area contributed by atoms with E-state index < -0.39 is 20.0 Å². The van der Waals surface area contributed by atoms with Crippen LogP contribution in [0.5, 0.6) is 0 Å². The van der Waals surface area contributed by atoms with Gasteiger partial charge in [0.05, 0.1) is 4.92 Å². The summed E-state index contributed by atoms with van der Waals surface area (Å²) in [5.41, 5.74) is 0.150. The van der Waals surface area contributed by atoms with Crippen LogP contribution >= 0.6 is 0 Å². The molecule has 0 amide bonds. The highest BCUT2D eigenvalue weighted by molar-refractivity contribution is 7.92. The van der Waals surface area contributed by atoms with Gasteiger partial charge in [-0.3, -0.25) is 10.1 Å². The molecule has 7 nitrogen and oxygen atoms in total. The summed E-state index contributed by atoms with van der Waals surface area (Å²) in [5.74, 6) is 0. The monoisotopic (exact) mass is 272 g/mol. The van der Waals surface area contributed by atoms with Gasteiger partial charge in [-0.15, -0.1) is 0 Å².